The summed E-state index contributed by atoms with van der Waals surface area (Å²) in [5, 5.41) is 9.12. The van der Waals surface area contributed by atoms with E-state index < -0.39 is 0 Å². The van der Waals surface area contributed by atoms with E-state index in [-0.39, 0.29) is 6.61 Å². The van der Waals surface area contributed by atoms with Gasteiger partial charge < -0.3 is 10.0 Å². The van der Waals surface area contributed by atoms with Crippen molar-refractivity contribution in [3.05, 3.63) is 53.7 Å². The molecule has 1 unspecified atom stereocenters. The van der Waals surface area contributed by atoms with Gasteiger partial charge in [-0.3, -0.25) is 4.98 Å². The molecule has 0 bridgehead atoms. The predicted molar refractivity (Wildman–Crippen MR) is 85.1 cm³/mol. The van der Waals surface area contributed by atoms with Gasteiger partial charge in [0.15, 0.2) is 0 Å². The third kappa shape index (κ3) is 3.31. The molecule has 1 aromatic heterocycles. The molecule has 0 amide bonds. The fraction of sp³-hybridized carbons (Fsp3) is 0.389. The topological polar surface area (TPSA) is 36.4 Å². The van der Waals surface area contributed by atoms with E-state index in [1.54, 1.807) is 0 Å². The van der Waals surface area contributed by atoms with Crippen molar-refractivity contribution >= 4 is 0 Å². The SMILES string of the molecule is CN1CCCC(c2cccc(-c3ccc(CO)cc3)n2)C1. The zero-order valence-corrected chi connectivity index (χ0v) is 12.5. The first kappa shape index (κ1) is 14.2. The lowest BCUT2D eigenvalue weighted by Crippen LogP contribution is -2.31. The molecule has 0 saturated carbocycles. The number of likely N-dealkylation sites (N-methyl/N-ethyl adjacent to an activating group) is 1. The van der Waals surface area contributed by atoms with Gasteiger partial charge in [-0.1, -0.05) is 30.3 Å². The lowest BCUT2D eigenvalue weighted by molar-refractivity contribution is 0.248. The van der Waals surface area contributed by atoms with Gasteiger partial charge in [0.2, 0.25) is 0 Å². The minimum Gasteiger partial charge on any atom is -0.392 e. The molecule has 2 aromatic rings. The average Bonchev–Trinajstić information content (AvgIpc) is 2.55. The van der Waals surface area contributed by atoms with E-state index >= 15 is 0 Å². The third-order valence-electron chi connectivity index (χ3n) is 4.25. The van der Waals surface area contributed by atoms with Crippen LogP contribution in [0.15, 0.2) is 42.5 Å². The van der Waals surface area contributed by atoms with Crippen LogP contribution in [0.3, 0.4) is 0 Å². The van der Waals surface area contributed by atoms with Gasteiger partial charge in [-0.05, 0) is 44.1 Å². The van der Waals surface area contributed by atoms with Gasteiger partial charge in [-0.15, -0.1) is 0 Å². The first-order chi connectivity index (χ1) is 10.3. The van der Waals surface area contributed by atoms with Crippen LogP contribution in [0.1, 0.15) is 30.0 Å². The minimum absolute atomic E-state index is 0.0855. The van der Waals surface area contributed by atoms with Gasteiger partial charge >= 0.3 is 0 Å². The largest absolute Gasteiger partial charge is 0.392 e. The smallest absolute Gasteiger partial charge is 0.0705 e. The quantitative estimate of drug-likeness (QED) is 0.940. The van der Waals surface area contributed by atoms with E-state index in [0.717, 1.165) is 23.4 Å². The second-order valence-corrected chi connectivity index (χ2v) is 5.90. The van der Waals surface area contributed by atoms with Crippen LogP contribution < -0.4 is 0 Å². The van der Waals surface area contributed by atoms with E-state index in [0.29, 0.717) is 5.92 Å². The maximum Gasteiger partial charge on any atom is 0.0705 e. The van der Waals surface area contributed by atoms with Crippen LogP contribution >= 0.6 is 0 Å². The Bertz CT molecular complexity index is 594. The third-order valence-corrected chi connectivity index (χ3v) is 4.25. The second kappa shape index (κ2) is 6.37. The van der Waals surface area contributed by atoms with Crippen molar-refractivity contribution in [2.45, 2.75) is 25.4 Å². The highest BCUT2D eigenvalue weighted by atomic mass is 16.3. The van der Waals surface area contributed by atoms with Crippen LogP contribution in [-0.4, -0.2) is 35.1 Å². The summed E-state index contributed by atoms with van der Waals surface area (Å²) in [5.74, 6) is 0.542. The van der Waals surface area contributed by atoms with E-state index in [1.807, 2.05) is 24.3 Å². The van der Waals surface area contributed by atoms with Crippen LogP contribution in [0, 0.1) is 0 Å². The van der Waals surface area contributed by atoms with Gasteiger partial charge in [0.05, 0.1) is 12.3 Å². The van der Waals surface area contributed by atoms with Gasteiger partial charge in [0.1, 0.15) is 0 Å². The minimum atomic E-state index is 0.0855. The zero-order valence-electron chi connectivity index (χ0n) is 12.5. The number of aromatic nitrogens is 1. The van der Waals surface area contributed by atoms with E-state index in [4.69, 9.17) is 10.1 Å². The molecule has 3 nitrogen and oxygen atoms in total. The Hall–Kier alpha value is -1.71. The molecule has 1 aromatic carbocycles. The first-order valence-electron chi connectivity index (χ1n) is 7.62. The molecule has 0 radical (unpaired) electrons. The number of nitrogens with zero attached hydrogens (tertiary/aromatic N) is 2. The number of aliphatic hydroxyl groups is 1. The van der Waals surface area contributed by atoms with Gasteiger partial charge in [-0.25, -0.2) is 0 Å². The Morgan fingerprint density at radius 1 is 1.19 bits per heavy atom. The summed E-state index contributed by atoms with van der Waals surface area (Å²) >= 11 is 0. The van der Waals surface area contributed by atoms with Crippen LogP contribution in [0.25, 0.3) is 11.3 Å². The highest BCUT2D eigenvalue weighted by Gasteiger charge is 2.20. The van der Waals surface area contributed by atoms with E-state index in [2.05, 4.69) is 30.1 Å². The van der Waals surface area contributed by atoms with Gasteiger partial charge in [0.25, 0.3) is 0 Å². The highest BCUT2D eigenvalue weighted by molar-refractivity contribution is 5.59. The molecular formula is C18H22N2O. The summed E-state index contributed by atoms with van der Waals surface area (Å²) in [4.78, 5) is 7.25. The average molecular weight is 282 g/mol. The zero-order chi connectivity index (χ0) is 14.7. The predicted octanol–water partition coefficient (Wildman–Crippen LogP) is 3.05. The molecule has 1 aliphatic heterocycles. The monoisotopic (exact) mass is 282 g/mol. The summed E-state index contributed by atoms with van der Waals surface area (Å²) in [6.07, 6.45) is 2.47. The number of hydrogen-bond acceptors (Lipinski definition) is 3. The molecule has 1 aliphatic rings. The molecule has 21 heavy (non-hydrogen) atoms. The number of hydrogen-bond donors (Lipinski definition) is 1. The summed E-state index contributed by atoms with van der Waals surface area (Å²) < 4.78 is 0. The van der Waals surface area contributed by atoms with Crippen LogP contribution in [0.2, 0.25) is 0 Å². The highest BCUT2D eigenvalue weighted by Crippen LogP contribution is 2.27. The molecule has 1 N–H and O–H groups in total. The Morgan fingerprint density at radius 2 is 2.00 bits per heavy atom. The number of rotatable bonds is 3. The normalized spacial score (nSPS) is 19.6. The van der Waals surface area contributed by atoms with Crippen LogP contribution in [0.5, 0.6) is 0 Å². The van der Waals surface area contributed by atoms with Crippen LogP contribution in [0.4, 0.5) is 0 Å². The maximum absolute atomic E-state index is 9.12. The molecule has 1 saturated heterocycles. The number of piperidine rings is 1. The standard InChI is InChI=1S/C18H22N2O/c1-20-11-3-4-16(12-20)18-6-2-5-17(19-18)15-9-7-14(13-21)8-10-15/h2,5-10,16,21H,3-4,11-13H2,1H3. The molecule has 3 heteroatoms. The molecule has 0 spiro atoms. The number of pyridine rings is 1. The summed E-state index contributed by atoms with van der Waals surface area (Å²) in [6, 6.07) is 14.3. The van der Waals surface area contributed by atoms with Crippen molar-refractivity contribution in [1.82, 2.24) is 9.88 Å². The number of likely N-dealkylation sites (tertiary alicyclic amines) is 1. The van der Waals surface area contributed by atoms with Crippen molar-refractivity contribution in [1.29, 1.82) is 0 Å². The number of aliphatic hydroxyl groups excluding tert-OH is 1. The van der Waals surface area contributed by atoms with Gasteiger partial charge in [0, 0.05) is 23.7 Å². The molecule has 3 rings (SSSR count). The van der Waals surface area contributed by atoms with Crippen LogP contribution in [-0.2, 0) is 6.61 Å². The molecule has 110 valence electrons. The lowest BCUT2D eigenvalue weighted by atomic mass is 9.94. The molecule has 2 heterocycles. The Labute approximate surface area is 126 Å². The van der Waals surface area contributed by atoms with Gasteiger partial charge in [-0.2, -0.15) is 0 Å². The molecule has 1 fully saturated rings. The molecule has 0 aliphatic carbocycles. The molecular weight excluding hydrogens is 260 g/mol. The van der Waals surface area contributed by atoms with Crippen molar-refractivity contribution in [2.75, 3.05) is 20.1 Å². The van der Waals surface area contributed by atoms with Crippen molar-refractivity contribution in [2.24, 2.45) is 0 Å². The first-order valence-corrected chi connectivity index (χ1v) is 7.62. The lowest BCUT2D eigenvalue weighted by Gasteiger charge is -2.29. The summed E-state index contributed by atoms with van der Waals surface area (Å²) in [7, 11) is 2.18. The summed E-state index contributed by atoms with van der Waals surface area (Å²) in [5.41, 5.74) is 4.26. The Kier molecular flexibility index (Phi) is 4.32. The van der Waals surface area contributed by atoms with Crippen molar-refractivity contribution < 1.29 is 5.11 Å². The fourth-order valence-electron chi connectivity index (χ4n) is 3.03. The molecule has 1 atom stereocenters. The second-order valence-electron chi connectivity index (χ2n) is 5.90. The van der Waals surface area contributed by atoms with E-state index in [1.165, 1.54) is 25.1 Å². The van der Waals surface area contributed by atoms with Crippen molar-refractivity contribution in [3.63, 3.8) is 0 Å². The van der Waals surface area contributed by atoms with E-state index in [9.17, 15) is 0 Å². The Balaban J connectivity index is 1.85. The summed E-state index contributed by atoms with van der Waals surface area (Å²) in [6.45, 7) is 2.38. The Morgan fingerprint density at radius 3 is 2.71 bits per heavy atom. The maximum atomic E-state index is 9.12. The number of benzene rings is 1. The fourth-order valence-corrected chi connectivity index (χ4v) is 3.03. The van der Waals surface area contributed by atoms with Crippen molar-refractivity contribution in [3.8, 4) is 11.3 Å².